The van der Waals surface area contributed by atoms with E-state index >= 15 is 0 Å². The third-order valence-corrected chi connectivity index (χ3v) is 6.75. The molecule has 0 aliphatic rings. The summed E-state index contributed by atoms with van der Waals surface area (Å²) in [5.74, 6) is 0.396. The summed E-state index contributed by atoms with van der Waals surface area (Å²) >= 11 is 19.6. The summed E-state index contributed by atoms with van der Waals surface area (Å²) in [6, 6.07) is 26.7. The number of ether oxygens (including phenoxy) is 1. The van der Waals surface area contributed by atoms with Gasteiger partial charge in [0.25, 0.3) is 3.79 Å². The Bertz CT molecular complexity index is 986. The molecule has 3 rings (SSSR count). The van der Waals surface area contributed by atoms with Crippen LogP contribution in [0.3, 0.4) is 0 Å². The molecule has 1 N–H and O–H groups in total. The lowest BCUT2D eigenvalue weighted by atomic mass is 9.99. The summed E-state index contributed by atoms with van der Waals surface area (Å²) < 4.78 is 4.12. The average molecular weight is 493 g/mol. The minimum absolute atomic E-state index is 0.115. The molecule has 0 radical (unpaired) electrons. The Morgan fingerprint density at radius 2 is 1.35 bits per heavy atom. The monoisotopic (exact) mass is 491 g/mol. The molecule has 0 saturated carbocycles. The molecule has 0 amide bonds. The molecule has 3 aromatic rings. The first-order valence-electron chi connectivity index (χ1n) is 9.85. The van der Waals surface area contributed by atoms with Crippen molar-refractivity contribution in [2.24, 2.45) is 0 Å². The van der Waals surface area contributed by atoms with Gasteiger partial charge in [0.15, 0.2) is 0 Å². The molecule has 3 aromatic carbocycles. The van der Waals surface area contributed by atoms with E-state index in [1.807, 2.05) is 49.4 Å². The zero-order valence-corrected chi connectivity index (χ0v) is 20.4. The Balaban J connectivity index is 2.00. The Hall–Kier alpha value is -1.65. The largest absolute Gasteiger partial charge is 0.468 e. The van der Waals surface area contributed by atoms with Crippen molar-refractivity contribution in [3.8, 4) is 0 Å². The number of benzene rings is 3. The van der Waals surface area contributed by atoms with Crippen LogP contribution in [0.2, 0.25) is 0 Å². The number of alkyl halides is 3. The quantitative estimate of drug-likeness (QED) is 0.204. The molecule has 31 heavy (non-hydrogen) atoms. The summed E-state index contributed by atoms with van der Waals surface area (Å²) in [5, 5.41) is 8.11. The van der Waals surface area contributed by atoms with Gasteiger partial charge in [-0.15, -0.1) is 11.8 Å². The van der Waals surface area contributed by atoms with Gasteiger partial charge >= 0.3 is 0 Å². The van der Waals surface area contributed by atoms with Gasteiger partial charge in [-0.1, -0.05) is 125 Å². The molecule has 0 bridgehead atoms. The van der Waals surface area contributed by atoms with E-state index in [0.717, 1.165) is 22.4 Å². The number of hydrogen-bond acceptors (Lipinski definition) is 3. The van der Waals surface area contributed by atoms with Gasteiger partial charge in [-0.3, -0.25) is 5.41 Å². The molecule has 2 nitrogen and oxygen atoms in total. The summed E-state index contributed by atoms with van der Waals surface area (Å²) in [6.45, 7) is 4.09. The highest BCUT2D eigenvalue weighted by atomic mass is 35.6. The lowest BCUT2D eigenvalue weighted by Crippen LogP contribution is -2.26. The number of rotatable bonds is 7. The van der Waals surface area contributed by atoms with Crippen LogP contribution in [-0.4, -0.2) is 9.69 Å². The fourth-order valence-corrected chi connectivity index (χ4v) is 4.56. The molecule has 0 aliphatic carbocycles. The van der Waals surface area contributed by atoms with Crippen molar-refractivity contribution in [1.82, 2.24) is 0 Å². The van der Waals surface area contributed by atoms with Gasteiger partial charge in [-0.05, 0) is 30.5 Å². The summed E-state index contributed by atoms with van der Waals surface area (Å²) in [5.41, 5.74) is 5.55. The predicted octanol–water partition coefficient (Wildman–Crippen LogP) is 8.38. The average Bonchev–Trinajstić information content (AvgIpc) is 2.75. The van der Waals surface area contributed by atoms with Crippen LogP contribution in [-0.2, 0) is 10.5 Å². The van der Waals surface area contributed by atoms with Crippen LogP contribution in [0.25, 0.3) is 0 Å². The highest BCUT2D eigenvalue weighted by molar-refractivity contribution is 7.98. The van der Waals surface area contributed by atoms with Gasteiger partial charge in [0.05, 0.1) is 5.25 Å². The van der Waals surface area contributed by atoms with Crippen molar-refractivity contribution < 1.29 is 4.74 Å². The number of hydrogen-bond donors (Lipinski definition) is 1. The fourth-order valence-electron chi connectivity index (χ4n) is 3.13. The van der Waals surface area contributed by atoms with Crippen LogP contribution in [0.1, 0.15) is 39.2 Å². The van der Waals surface area contributed by atoms with E-state index in [1.165, 1.54) is 11.1 Å². The number of halogens is 3. The van der Waals surface area contributed by atoms with E-state index in [1.54, 1.807) is 11.8 Å². The van der Waals surface area contributed by atoms with Crippen molar-refractivity contribution >= 4 is 52.5 Å². The molecule has 0 fully saturated rings. The topological polar surface area (TPSA) is 33.1 Å². The van der Waals surface area contributed by atoms with Crippen LogP contribution in [0.15, 0.2) is 78.9 Å². The second kappa shape index (κ2) is 10.8. The van der Waals surface area contributed by atoms with Crippen LogP contribution < -0.4 is 0 Å². The lowest BCUT2D eigenvalue weighted by molar-refractivity contribution is 0.182. The van der Waals surface area contributed by atoms with Crippen molar-refractivity contribution in [3.63, 3.8) is 0 Å². The van der Waals surface area contributed by atoms with Crippen molar-refractivity contribution in [1.29, 1.82) is 5.41 Å². The molecule has 0 aromatic heterocycles. The predicted molar refractivity (Wildman–Crippen MR) is 135 cm³/mol. The number of nitrogens with one attached hydrogen (secondary N) is 1. The zero-order chi connectivity index (χ0) is 22.4. The molecule has 2 atom stereocenters. The molecule has 0 spiro atoms. The van der Waals surface area contributed by atoms with E-state index in [0.29, 0.717) is 0 Å². The van der Waals surface area contributed by atoms with Crippen LogP contribution >= 0.6 is 46.6 Å². The molecule has 6 heteroatoms. The smallest absolute Gasteiger partial charge is 0.265 e. The Labute approximate surface area is 203 Å². The molecule has 162 valence electrons. The highest BCUT2D eigenvalue weighted by Gasteiger charge is 2.35. The van der Waals surface area contributed by atoms with Gasteiger partial charge in [0.2, 0.25) is 5.90 Å². The molecular formula is C25H24Cl3NOS. The normalized spacial score (nSPS) is 13.5. The van der Waals surface area contributed by atoms with Gasteiger partial charge in [0.1, 0.15) is 6.10 Å². The SMILES string of the molecule is Cc1ccc([C@@H](OC(=N)C(Cl)(Cl)Cl)[C@H](SCc2ccccc2)c2ccc(C)cc2)cc1. The summed E-state index contributed by atoms with van der Waals surface area (Å²) in [4.78, 5) is 0. The Morgan fingerprint density at radius 3 is 1.87 bits per heavy atom. The first kappa shape index (κ1) is 24.0. The fraction of sp³-hybridized carbons (Fsp3) is 0.240. The minimum Gasteiger partial charge on any atom is -0.468 e. The minimum atomic E-state index is -1.93. The van der Waals surface area contributed by atoms with Gasteiger partial charge in [-0.25, -0.2) is 0 Å². The second-order valence-electron chi connectivity index (χ2n) is 7.40. The third-order valence-electron chi connectivity index (χ3n) is 4.86. The van der Waals surface area contributed by atoms with E-state index < -0.39 is 9.90 Å². The molecule has 0 aliphatic heterocycles. The molecular weight excluding hydrogens is 469 g/mol. The van der Waals surface area contributed by atoms with Crippen molar-refractivity contribution in [2.75, 3.05) is 0 Å². The van der Waals surface area contributed by atoms with Crippen LogP contribution in [0, 0.1) is 19.3 Å². The van der Waals surface area contributed by atoms with E-state index in [9.17, 15) is 0 Å². The first-order chi connectivity index (χ1) is 14.7. The maximum absolute atomic E-state index is 8.22. The van der Waals surface area contributed by atoms with Crippen LogP contribution in [0.4, 0.5) is 0 Å². The van der Waals surface area contributed by atoms with Gasteiger partial charge in [-0.2, -0.15) is 0 Å². The Morgan fingerprint density at radius 1 is 0.839 bits per heavy atom. The van der Waals surface area contributed by atoms with Crippen molar-refractivity contribution in [2.45, 2.75) is 34.7 Å². The highest BCUT2D eigenvalue weighted by Crippen LogP contribution is 2.45. The van der Waals surface area contributed by atoms with E-state index in [-0.39, 0.29) is 11.1 Å². The maximum atomic E-state index is 8.22. The summed E-state index contributed by atoms with van der Waals surface area (Å²) in [6.07, 6.45) is -0.500. The van der Waals surface area contributed by atoms with Crippen molar-refractivity contribution in [3.05, 3.63) is 107 Å². The van der Waals surface area contributed by atoms with Gasteiger partial charge < -0.3 is 4.74 Å². The first-order valence-corrected chi connectivity index (χ1v) is 12.0. The van der Waals surface area contributed by atoms with E-state index in [2.05, 4.69) is 43.3 Å². The standard InChI is InChI=1S/C25H24Cl3NOS/c1-17-8-12-20(13-9-17)22(30-24(29)25(26,27)28)23(21-14-10-18(2)11-15-21)31-16-19-6-4-3-5-7-19/h3-15,22-23,29H,16H2,1-2H3/t22-,23-/m1/s1. The summed E-state index contributed by atoms with van der Waals surface area (Å²) in [7, 11) is 0. The second-order valence-corrected chi connectivity index (χ2v) is 10.8. The lowest BCUT2D eigenvalue weighted by Gasteiger charge is -2.30. The number of thioether (sulfide) groups is 1. The van der Waals surface area contributed by atoms with E-state index in [4.69, 9.17) is 44.9 Å². The zero-order valence-electron chi connectivity index (χ0n) is 17.3. The van der Waals surface area contributed by atoms with Crippen LogP contribution in [0.5, 0.6) is 0 Å². The van der Waals surface area contributed by atoms with Gasteiger partial charge in [0, 0.05) is 5.75 Å². The molecule has 0 unspecified atom stereocenters. The molecule has 0 heterocycles. The molecule has 0 saturated heterocycles. The number of aryl methyl sites for hydroxylation is 2. The maximum Gasteiger partial charge on any atom is 0.265 e. The Kier molecular flexibility index (Phi) is 8.35. The third kappa shape index (κ3) is 6.92.